The van der Waals surface area contributed by atoms with Gasteiger partial charge in [0.05, 0.1) is 12.2 Å². The smallest absolute Gasteiger partial charge is 0.222 e. The van der Waals surface area contributed by atoms with Crippen molar-refractivity contribution in [2.45, 2.75) is 32.7 Å². The van der Waals surface area contributed by atoms with Crippen LogP contribution in [0.3, 0.4) is 0 Å². The van der Waals surface area contributed by atoms with E-state index in [-0.39, 0.29) is 29.9 Å². The third kappa shape index (κ3) is 7.30. The van der Waals surface area contributed by atoms with Crippen LogP contribution in [0.25, 0.3) is 11.3 Å². The quantitative estimate of drug-likeness (QED) is 0.249. The molecule has 2 N–H and O–H groups in total. The van der Waals surface area contributed by atoms with Crippen molar-refractivity contribution in [3.63, 3.8) is 0 Å². The molecule has 1 aromatic heterocycles. The number of aliphatic imine (C=N–C) groups is 1. The number of benzene rings is 1. The highest BCUT2D eigenvalue weighted by Crippen LogP contribution is 2.18. The molecule has 1 aromatic carbocycles. The Labute approximate surface area is 190 Å². The van der Waals surface area contributed by atoms with Gasteiger partial charge in [-0.2, -0.15) is 0 Å². The Bertz CT molecular complexity index is 797. The number of nitrogens with one attached hydrogen (secondary N) is 2. The summed E-state index contributed by atoms with van der Waals surface area (Å²) in [5.74, 6) is 1.09. The molecule has 6 nitrogen and oxygen atoms in total. The third-order valence-electron chi connectivity index (χ3n) is 4.72. The van der Waals surface area contributed by atoms with Crippen molar-refractivity contribution < 1.29 is 4.79 Å². The Kier molecular flexibility index (Phi) is 9.90. The zero-order valence-electron chi connectivity index (χ0n) is 16.9. The Morgan fingerprint density at radius 1 is 1.21 bits per heavy atom. The van der Waals surface area contributed by atoms with Crippen LogP contribution in [0.4, 0.5) is 0 Å². The van der Waals surface area contributed by atoms with Crippen LogP contribution in [0.5, 0.6) is 0 Å². The predicted molar refractivity (Wildman–Crippen MR) is 128 cm³/mol. The maximum atomic E-state index is 11.7. The van der Waals surface area contributed by atoms with Crippen molar-refractivity contribution in [1.29, 1.82) is 0 Å². The van der Waals surface area contributed by atoms with Crippen LogP contribution in [0.2, 0.25) is 0 Å². The number of hydrogen-bond acceptors (Lipinski definition) is 3. The van der Waals surface area contributed by atoms with E-state index in [1.807, 2.05) is 35.4 Å². The van der Waals surface area contributed by atoms with Gasteiger partial charge in [-0.1, -0.05) is 24.3 Å². The van der Waals surface area contributed by atoms with Crippen molar-refractivity contribution >= 4 is 35.8 Å². The highest BCUT2D eigenvalue weighted by Gasteiger charge is 2.18. The first-order chi connectivity index (χ1) is 13.8. The maximum Gasteiger partial charge on any atom is 0.222 e. The van der Waals surface area contributed by atoms with Crippen LogP contribution in [0.15, 0.2) is 53.7 Å². The Morgan fingerprint density at radius 2 is 2.10 bits per heavy atom. The average Bonchev–Trinajstić information content (AvgIpc) is 3.15. The number of rotatable bonds is 8. The van der Waals surface area contributed by atoms with E-state index in [4.69, 9.17) is 4.99 Å². The molecule has 1 aliphatic heterocycles. The summed E-state index contributed by atoms with van der Waals surface area (Å²) in [6, 6.07) is 14.3. The zero-order valence-corrected chi connectivity index (χ0v) is 19.3. The van der Waals surface area contributed by atoms with Crippen LogP contribution in [-0.4, -0.2) is 47.9 Å². The molecule has 2 heterocycles. The first-order valence-electron chi connectivity index (χ1n) is 10.1. The van der Waals surface area contributed by atoms with E-state index in [9.17, 15) is 4.79 Å². The van der Waals surface area contributed by atoms with Gasteiger partial charge in [-0.15, -0.1) is 24.0 Å². The summed E-state index contributed by atoms with van der Waals surface area (Å²) < 4.78 is 0. The number of carbonyl (C=O) groups excluding carboxylic acids is 1. The molecule has 3 rings (SSSR count). The molecule has 0 radical (unpaired) electrons. The number of guanidine groups is 1. The SMILES string of the molecule is CCNC(=NCc1cccc(-c2ccccn2)c1)NCCCN1CCCC1=O.I. The van der Waals surface area contributed by atoms with E-state index >= 15 is 0 Å². The second-order valence-electron chi connectivity index (χ2n) is 6.88. The zero-order chi connectivity index (χ0) is 19.6. The maximum absolute atomic E-state index is 11.7. The van der Waals surface area contributed by atoms with Gasteiger partial charge in [0.1, 0.15) is 0 Å². The fraction of sp³-hybridized carbons (Fsp3) is 0.409. The molecule has 0 aliphatic carbocycles. The highest BCUT2D eigenvalue weighted by molar-refractivity contribution is 14.0. The minimum absolute atomic E-state index is 0. The van der Waals surface area contributed by atoms with Crippen LogP contribution in [-0.2, 0) is 11.3 Å². The van der Waals surface area contributed by atoms with E-state index in [2.05, 4.69) is 40.7 Å². The van der Waals surface area contributed by atoms with Gasteiger partial charge in [-0.25, -0.2) is 4.99 Å². The molecule has 1 amide bonds. The molecule has 1 fully saturated rings. The number of nitrogens with zero attached hydrogens (tertiary/aromatic N) is 3. The van der Waals surface area contributed by atoms with Gasteiger partial charge < -0.3 is 15.5 Å². The minimum atomic E-state index is 0. The van der Waals surface area contributed by atoms with Crippen molar-refractivity contribution in [3.8, 4) is 11.3 Å². The number of hydrogen-bond donors (Lipinski definition) is 2. The second kappa shape index (κ2) is 12.4. The highest BCUT2D eigenvalue weighted by atomic mass is 127. The summed E-state index contributed by atoms with van der Waals surface area (Å²) in [5.41, 5.74) is 3.21. The van der Waals surface area contributed by atoms with Crippen molar-refractivity contribution in [1.82, 2.24) is 20.5 Å². The molecule has 7 heteroatoms. The summed E-state index contributed by atoms with van der Waals surface area (Å²) in [4.78, 5) is 22.7. The number of aromatic nitrogens is 1. The molecule has 0 bridgehead atoms. The van der Waals surface area contributed by atoms with E-state index in [1.54, 1.807) is 0 Å². The van der Waals surface area contributed by atoms with Crippen molar-refractivity contribution in [3.05, 3.63) is 54.2 Å². The molecule has 29 heavy (non-hydrogen) atoms. The molecular formula is C22H30IN5O. The first-order valence-corrected chi connectivity index (χ1v) is 10.1. The Balaban J connectivity index is 0.00000300. The van der Waals surface area contributed by atoms with Crippen LogP contribution < -0.4 is 10.6 Å². The minimum Gasteiger partial charge on any atom is -0.357 e. The van der Waals surface area contributed by atoms with Gasteiger partial charge in [0.25, 0.3) is 0 Å². The van der Waals surface area contributed by atoms with Crippen molar-refractivity contribution in [2.24, 2.45) is 4.99 Å². The van der Waals surface area contributed by atoms with Gasteiger partial charge in [-0.05, 0) is 43.5 Å². The van der Waals surface area contributed by atoms with Crippen LogP contribution >= 0.6 is 24.0 Å². The van der Waals surface area contributed by atoms with Crippen LogP contribution in [0.1, 0.15) is 31.7 Å². The predicted octanol–water partition coefficient (Wildman–Crippen LogP) is 3.43. The van der Waals surface area contributed by atoms with E-state index in [1.165, 1.54) is 0 Å². The molecule has 0 saturated carbocycles. The second-order valence-corrected chi connectivity index (χ2v) is 6.88. The van der Waals surface area contributed by atoms with Gasteiger partial charge in [0.2, 0.25) is 5.91 Å². The molecule has 156 valence electrons. The summed E-state index contributed by atoms with van der Waals surface area (Å²) in [7, 11) is 0. The summed E-state index contributed by atoms with van der Waals surface area (Å²) in [5, 5.41) is 6.65. The standard InChI is InChI=1S/C22H29N5O.HI/c1-2-23-22(25-13-7-15-27-14-6-11-21(27)28)26-17-18-8-5-9-19(16-18)20-10-3-4-12-24-20;/h3-5,8-10,12,16H,2,6-7,11,13-15,17H2,1H3,(H2,23,25,26);1H. The van der Waals surface area contributed by atoms with Gasteiger partial charge in [-0.3, -0.25) is 9.78 Å². The van der Waals surface area contributed by atoms with Crippen LogP contribution in [0, 0.1) is 0 Å². The fourth-order valence-corrected chi connectivity index (χ4v) is 3.29. The van der Waals surface area contributed by atoms with Gasteiger partial charge in [0, 0.05) is 44.4 Å². The number of amides is 1. The summed E-state index contributed by atoms with van der Waals surface area (Å²) >= 11 is 0. The fourth-order valence-electron chi connectivity index (χ4n) is 3.29. The lowest BCUT2D eigenvalue weighted by molar-refractivity contribution is -0.127. The monoisotopic (exact) mass is 507 g/mol. The Morgan fingerprint density at radius 3 is 2.83 bits per heavy atom. The van der Waals surface area contributed by atoms with Gasteiger partial charge in [0.15, 0.2) is 5.96 Å². The number of pyridine rings is 1. The molecule has 0 atom stereocenters. The summed E-state index contributed by atoms with van der Waals surface area (Å²) in [6.45, 7) is 5.98. The van der Waals surface area contributed by atoms with E-state index < -0.39 is 0 Å². The molecule has 0 unspecified atom stereocenters. The van der Waals surface area contributed by atoms with Crippen molar-refractivity contribution in [2.75, 3.05) is 26.2 Å². The average molecular weight is 507 g/mol. The lowest BCUT2D eigenvalue weighted by Crippen LogP contribution is -2.39. The third-order valence-corrected chi connectivity index (χ3v) is 4.72. The normalized spacial score (nSPS) is 13.9. The molecule has 1 saturated heterocycles. The number of likely N-dealkylation sites (tertiary alicyclic amines) is 1. The lowest BCUT2D eigenvalue weighted by atomic mass is 10.1. The van der Waals surface area contributed by atoms with E-state index in [0.29, 0.717) is 13.0 Å². The molecule has 2 aromatic rings. The first kappa shape index (κ1) is 23.1. The lowest BCUT2D eigenvalue weighted by Gasteiger charge is -2.16. The number of halogens is 1. The van der Waals surface area contributed by atoms with E-state index in [0.717, 1.165) is 61.8 Å². The number of carbonyl (C=O) groups is 1. The largest absolute Gasteiger partial charge is 0.357 e. The molecular weight excluding hydrogens is 477 g/mol. The Hall–Kier alpha value is -2.16. The molecule has 0 spiro atoms. The summed E-state index contributed by atoms with van der Waals surface area (Å²) in [6.07, 6.45) is 4.43. The van der Waals surface area contributed by atoms with Gasteiger partial charge >= 0.3 is 0 Å². The topological polar surface area (TPSA) is 69.6 Å². The molecule has 1 aliphatic rings.